The molecule has 7 heteroatoms. The molecule has 2 aromatic rings. The van der Waals surface area contributed by atoms with E-state index >= 15 is 0 Å². The van der Waals surface area contributed by atoms with Gasteiger partial charge in [0.2, 0.25) is 11.8 Å². The average molecular weight is 496 g/mol. The molecule has 1 N–H and O–H groups in total. The minimum Gasteiger partial charge on any atom is -0.354 e. The van der Waals surface area contributed by atoms with Crippen molar-refractivity contribution in [1.29, 1.82) is 0 Å². The van der Waals surface area contributed by atoms with Gasteiger partial charge in [0.15, 0.2) is 0 Å². The summed E-state index contributed by atoms with van der Waals surface area (Å²) >= 11 is 13.9. The molecule has 0 fully saturated rings. The second-order valence-electron chi connectivity index (χ2n) is 7.75. The zero-order valence-electron chi connectivity index (χ0n) is 19.0. The summed E-state index contributed by atoms with van der Waals surface area (Å²) in [5.41, 5.74) is 2.05. The van der Waals surface area contributed by atoms with Crippen LogP contribution in [0.3, 0.4) is 0 Å². The molecule has 4 nitrogen and oxygen atoms in total. The van der Waals surface area contributed by atoms with Crippen LogP contribution in [0.2, 0.25) is 10.0 Å². The lowest BCUT2D eigenvalue weighted by molar-refractivity contribution is -0.141. The zero-order chi connectivity index (χ0) is 23.5. The Morgan fingerprint density at radius 1 is 1.06 bits per heavy atom. The van der Waals surface area contributed by atoms with Gasteiger partial charge in [-0.2, -0.15) is 0 Å². The van der Waals surface area contributed by atoms with Crippen LogP contribution in [0.4, 0.5) is 0 Å². The van der Waals surface area contributed by atoms with Gasteiger partial charge in [0.1, 0.15) is 6.04 Å². The predicted molar refractivity (Wildman–Crippen MR) is 136 cm³/mol. The molecule has 0 aliphatic heterocycles. The molecule has 0 aromatic heterocycles. The molecule has 0 bridgehead atoms. The molecule has 0 aliphatic carbocycles. The quantitative estimate of drug-likeness (QED) is 0.270. The number of hydrogen-bond acceptors (Lipinski definition) is 3. The predicted octanol–water partition coefficient (Wildman–Crippen LogP) is 6.51. The molecule has 1 atom stereocenters. The van der Waals surface area contributed by atoms with Crippen LogP contribution in [-0.2, 0) is 16.1 Å². The molecular formula is C25H32Cl2N2O2S. The first kappa shape index (κ1) is 26.6. The van der Waals surface area contributed by atoms with Crippen LogP contribution in [0, 0.1) is 6.92 Å². The summed E-state index contributed by atoms with van der Waals surface area (Å²) in [7, 11) is 0. The number of benzene rings is 2. The lowest BCUT2D eigenvalue weighted by Gasteiger charge is -2.31. The number of amides is 2. The van der Waals surface area contributed by atoms with E-state index in [1.165, 1.54) is 5.56 Å². The van der Waals surface area contributed by atoms with Crippen molar-refractivity contribution in [1.82, 2.24) is 10.2 Å². The number of rotatable bonds is 12. The number of nitrogens with zero attached hydrogens (tertiary/aromatic N) is 1. The Kier molecular flexibility index (Phi) is 11.4. The van der Waals surface area contributed by atoms with E-state index in [1.54, 1.807) is 28.8 Å². The van der Waals surface area contributed by atoms with Crippen LogP contribution in [0.15, 0.2) is 47.4 Å². The van der Waals surface area contributed by atoms with Crippen molar-refractivity contribution in [2.75, 3.05) is 12.3 Å². The van der Waals surface area contributed by atoms with Gasteiger partial charge in [-0.3, -0.25) is 9.59 Å². The van der Waals surface area contributed by atoms with Crippen LogP contribution in [0.1, 0.15) is 50.7 Å². The Bertz CT molecular complexity index is 890. The molecule has 2 rings (SSSR count). The van der Waals surface area contributed by atoms with E-state index in [2.05, 4.69) is 43.4 Å². The SMILES string of the molecule is CCCCNC(=O)C(CC)N(Cc1ccc(Cl)c(Cl)c1)C(=O)CCSc1ccc(C)cc1. The second-order valence-corrected chi connectivity index (χ2v) is 9.73. The fraction of sp³-hybridized carbons (Fsp3) is 0.440. The highest BCUT2D eigenvalue weighted by atomic mass is 35.5. The van der Waals surface area contributed by atoms with Crippen LogP contribution in [0.5, 0.6) is 0 Å². The monoisotopic (exact) mass is 494 g/mol. The van der Waals surface area contributed by atoms with Crippen molar-refractivity contribution >= 4 is 46.8 Å². The molecule has 0 saturated carbocycles. The van der Waals surface area contributed by atoms with E-state index in [4.69, 9.17) is 23.2 Å². The van der Waals surface area contributed by atoms with Gasteiger partial charge >= 0.3 is 0 Å². The van der Waals surface area contributed by atoms with Crippen molar-refractivity contribution in [3.63, 3.8) is 0 Å². The maximum absolute atomic E-state index is 13.3. The van der Waals surface area contributed by atoms with Gasteiger partial charge in [-0.1, -0.05) is 67.2 Å². The smallest absolute Gasteiger partial charge is 0.242 e. The van der Waals surface area contributed by atoms with Crippen LogP contribution >= 0.6 is 35.0 Å². The molecule has 2 amide bonds. The molecule has 174 valence electrons. The fourth-order valence-electron chi connectivity index (χ4n) is 3.29. The maximum atomic E-state index is 13.3. The molecule has 1 unspecified atom stereocenters. The highest BCUT2D eigenvalue weighted by molar-refractivity contribution is 7.99. The van der Waals surface area contributed by atoms with Gasteiger partial charge in [0, 0.05) is 30.2 Å². The second kappa shape index (κ2) is 13.8. The average Bonchev–Trinajstić information content (AvgIpc) is 2.77. The summed E-state index contributed by atoms with van der Waals surface area (Å²) < 4.78 is 0. The van der Waals surface area contributed by atoms with Gasteiger partial charge in [-0.25, -0.2) is 0 Å². The standard InChI is InChI=1S/C25H32Cl2N2O2S/c1-4-6-14-28-25(31)23(5-2)29(17-19-9-12-21(26)22(27)16-19)24(30)13-15-32-20-10-7-18(3)8-11-20/h7-12,16,23H,4-6,13-15,17H2,1-3H3,(H,28,31). The Morgan fingerprint density at radius 3 is 2.41 bits per heavy atom. The molecule has 0 aliphatic rings. The van der Waals surface area contributed by atoms with Crippen LogP contribution in [0.25, 0.3) is 0 Å². The summed E-state index contributed by atoms with van der Waals surface area (Å²) in [6, 6.07) is 13.0. The molecule has 0 heterocycles. The van der Waals surface area contributed by atoms with Crippen LogP contribution < -0.4 is 5.32 Å². The topological polar surface area (TPSA) is 49.4 Å². The zero-order valence-corrected chi connectivity index (χ0v) is 21.3. The number of unbranched alkanes of at least 4 members (excludes halogenated alkanes) is 1. The van der Waals surface area contributed by atoms with E-state index in [1.807, 2.05) is 13.0 Å². The summed E-state index contributed by atoms with van der Waals surface area (Å²) in [4.78, 5) is 28.9. The number of thioether (sulfide) groups is 1. The number of halogens is 2. The number of aryl methyl sites for hydroxylation is 1. The summed E-state index contributed by atoms with van der Waals surface area (Å²) in [6.45, 7) is 6.99. The lowest BCUT2D eigenvalue weighted by Crippen LogP contribution is -2.49. The Labute approximate surface area is 206 Å². The minimum absolute atomic E-state index is 0.0480. The summed E-state index contributed by atoms with van der Waals surface area (Å²) in [6.07, 6.45) is 2.80. The number of nitrogens with one attached hydrogen (secondary N) is 1. The number of carbonyl (C=O) groups excluding carboxylic acids is 2. The largest absolute Gasteiger partial charge is 0.354 e. The Hall–Kier alpha value is -1.69. The van der Waals surface area contributed by atoms with Crippen molar-refractivity contribution in [3.8, 4) is 0 Å². The molecular weight excluding hydrogens is 463 g/mol. The third-order valence-corrected chi connectivity index (χ3v) is 6.91. The molecule has 32 heavy (non-hydrogen) atoms. The van der Waals surface area contributed by atoms with E-state index < -0.39 is 6.04 Å². The van der Waals surface area contributed by atoms with Crippen molar-refractivity contribution in [2.24, 2.45) is 0 Å². The number of hydrogen-bond donors (Lipinski definition) is 1. The Morgan fingerprint density at radius 2 is 1.78 bits per heavy atom. The van der Waals surface area contributed by atoms with Gasteiger partial charge in [0.05, 0.1) is 10.0 Å². The fourth-order valence-corrected chi connectivity index (χ4v) is 4.46. The summed E-state index contributed by atoms with van der Waals surface area (Å²) in [5.74, 6) is 0.488. The first-order valence-corrected chi connectivity index (χ1v) is 12.8. The third kappa shape index (κ3) is 8.34. The highest BCUT2D eigenvalue weighted by Crippen LogP contribution is 2.25. The normalized spacial score (nSPS) is 11.8. The van der Waals surface area contributed by atoms with E-state index in [-0.39, 0.29) is 11.8 Å². The van der Waals surface area contributed by atoms with E-state index in [0.717, 1.165) is 23.3 Å². The maximum Gasteiger partial charge on any atom is 0.242 e. The third-order valence-electron chi connectivity index (χ3n) is 5.16. The number of carbonyl (C=O) groups is 2. The Balaban J connectivity index is 2.12. The van der Waals surface area contributed by atoms with Gasteiger partial charge in [-0.15, -0.1) is 11.8 Å². The van der Waals surface area contributed by atoms with Crippen molar-refractivity contribution < 1.29 is 9.59 Å². The lowest BCUT2D eigenvalue weighted by atomic mass is 10.1. The summed E-state index contributed by atoms with van der Waals surface area (Å²) in [5, 5.41) is 3.88. The first-order valence-electron chi connectivity index (χ1n) is 11.1. The molecule has 0 spiro atoms. The first-order chi connectivity index (χ1) is 15.3. The van der Waals surface area contributed by atoms with Crippen molar-refractivity contribution in [3.05, 3.63) is 63.6 Å². The van der Waals surface area contributed by atoms with Gasteiger partial charge in [0.25, 0.3) is 0 Å². The van der Waals surface area contributed by atoms with E-state index in [9.17, 15) is 9.59 Å². The van der Waals surface area contributed by atoms with Gasteiger partial charge in [-0.05, 0) is 49.6 Å². The van der Waals surface area contributed by atoms with E-state index in [0.29, 0.717) is 41.7 Å². The van der Waals surface area contributed by atoms with Gasteiger partial charge < -0.3 is 10.2 Å². The minimum atomic E-state index is -0.529. The molecule has 2 aromatic carbocycles. The molecule has 0 saturated heterocycles. The van der Waals surface area contributed by atoms with Crippen LogP contribution in [-0.4, -0.2) is 35.1 Å². The van der Waals surface area contributed by atoms with Crippen molar-refractivity contribution in [2.45, 2.75) is 63.9 Å². The highest BCUT2D eigenvalue weighted by Gasteiger charge is 2.28. The molecule has 0 radical (unpaired) electrons.